The molecule has 4 aliphatic heterocycles. The minimum absolute atomic E-state index is 0.0345. The van der Waals surface area contributed by atoms with Crippen LogP contribution in [0, 0.1) is 11.8 Å². The van der Waals surface area contributed by atoms with Crippen molar-refractivity contribution < 1.29 is 19.9 Å². The summed E-state index contributed by atoms with van der Waals surface area (Å²) in [6, 6.07) is 0. The van der Waals surface area contributed by atoms with Crippen molar-refractivity contribution in [3.63, 3.8) is 0 Å². The van der Waals surface area contributed by atoms with Crippen molar-refractivity contribution in [2.45, 2.75) is 115 Å². The molecular weight excluding hydrogens is 380 g/mol. The Kier molecular flexibility index (Phi) is 7.28. The molecule has 176 valence electrons. The van der Waals surface area contributed by atoms with Crippen molar-refractivity contribution in [2.24, 2.45) is 11.8 Å². The fraction of sp³-hybridized carbons (Fsp3) is 1.00. The van der Waals surface area contributed by atoms with Gasteiger partial charge in [0.05, 0.1) is 11.1 Å². The van der Waals surface area contributed by atoms with Gasteiger partial charge in [-0.15, -0.1) is 0 Å². The van der Waals surface area contributed by atoms with Crippen LogP contribution in [0.1, 0.15) is 92.9 Å². The lowest BCUT2D eigenvalue weighted by Crippen LogP contribution is -2.66. The van der Waals surface area contributed by atoms with E-state index in [0.29, 0.717) is 11.8 Å². The third-order valence-corrected chi connectivity index (χ3v) is 8.05. The predicted molar refractivity (Wildman–Crippen MR) is 118 cm³/mol. The minimum atomic E-state index is -0.0683. The maximum Gasteiger partial charge on any atom is 0.0513 e. The molecule has 0 radical (unpaired) electrons. The van der Waals surface area contributed by atoms with Crippen molar-refractivity contribution in [1.29, 1.82) is 0 Å². The van der Waals surface area contributed by atoms with E-state index in [4.69, 9.17) is 9.47 Å². The Morgan fingerprint density at radius 2 is 0.933 bits per heavy atom. The number of rotatable bonds is 0. The van der Waals surface area contributed by atoms with Crippen LogP contribution in [0.15, 0.2) is 0 Å². The van der Waals surface area contributed by atoms with Crippen LogP contribution >= 0.6 is 0 Å². The Bertz CT molecular complexity index is 522. The quantitative estimate of drug-likeness (QED) is 0.576. The molecule has 0 bridgehead atoms. The Balaban J connectivity index is 0.000000187. The summed E-state index contributed by atoms with van der Waals surface area (Å²) in [4.78, 5) is 0. The molecule has 2 spiro atoms. The smallest absolute Gasteiger partial charge is 0.0513 e. The minimum Gasteiger partial charge on any atom is -0.381 e. The van der Waals surface area contributed by atoms with Crippen LogP contribution in [0.2, 0.25) is 0 Å². The Morgan fingerprint density at radius 3 is 1.30 bits per heavy atom. The molecule has 4 heterocycles. The zero-order valence-electron chi connectivity index (χ0n) is 20.2. The van der Waals surface area contributed by atoms with E-state index >= 15 is 0 Å². The maximum absolute atomic E-state index is 10.9. The lowest BCUT2D eigenvalue weighted by Gasteiger charge is -2.58. The molecule has 0 aromatic rings. The van der Waals surface area contributed by atoms with Gasteiger partial charge in [-0.05, 0) is 90.9 Å². The number of hydroxylamine groups is 4. The van der Waals surface area contributed by atoms with Crippen LogP contribution in [0.5, 0.6) is 0 Å². The highest BCUT2D eigenvalue weighted by Gasteiger charge is 2.54. The molecular formula is C24H46N2O4. The van der Waals surface area contributed by atoms with Gasteiger partial charge in [-0.25, -0.2) is 0 Å². The summed E-state index contributed by atoms with van der Waals surface area (Å²) >= 11 is 0. The molecule has 0 amide bonds. The van der Waals surface area contributed by atoms with Gasteiger partial charge in [-0.2, -0.15) is 10.1 Å². The highest BCUT2D eigenvalue weighted by atomic mass is 16.5. The van der Waals surface area contributed by atoms with Crippen LogP contribution < -0.4 is 0 Å². The zero-order chi connectivity index (χ0) is 22.2. The molecule has 0 aromatic heterocycles. The van der Waals surface area contributed by atoms with Gasteiger partial charge in [0.25, 0.3) is 0 Å². The molecule has 0 unspecified atom stereocenters. The van der Waals surface area contributed by atoms with Gasteiger partial charge in [0.2, 0.25) is 0 Å². The summed E-state index contributed by atoms with van der Waals surface area (Å²) in [6.45, 7) is 16.2. The van der Waals surface area contributed by atoms with Crippen LogP contribution in [-0.4, -0.2) is 69.1 Å². The van der Waals surface area contributed by atoms with E-state index in [1.54, 1.807) is 5.06 Å². The van der Waals surface area contributed by atoms with E-state index in [1.807, 2.05) is 0 Å². The lowest BCUT2D eigenvalue weighted by atomic mass is 9.67. The molecule has 0 aliphatic carbocycles. The first-order chi connectivity index (χ1) is 13.9. The Hall–Kier alpha value is -0.240. The molecule has 0 atom stereocenters. The van der Waals surface area contributed by atoms with Gasteiger partial charge in [-0.3, -0.25) is 0 Å². The highest BCUT2D eigenvalue weighted by molar-refractivity contribution is 5.05. The molecule has 4 rings (SSSR count). The van der Waals surface area contributed by atoms with E-state index in [1.165, 1.54) is 5.06 Å². The Morgan fingerprint density at radius 1 is 0.600 bits per heavy atom. The highest BCUT2D eigenvalue weighted by Crippen LogP contribution is 2.48. The van der Waals surface area contributed by atoms with Crippen LogP contribution in [-0.2, 0) is 9.47 Å². The summed E-state index contributed by atoms with van der Waals surface area (Å²) in [5.74, 6) is 1.39. The topological polar surface area (TPSA) is 65.4 Å². The van der Waals surface area contributed by atoms with Gasteiger partial charge in [0.15, 0.2) is 0 Å². The monoisotopic (exact) mass is 426 g/mol. The molecule has 6 heteroatoms. The Labute approximate surface area is 183 Å². The molecule has 4 aliphatic rings. The first-order valence-corrected chi connectivity index (χ1v) is 12.1. The van der Waals surface area contributed by atoms with E-state index < -0.39 is 0 Å². The summed E-state index contributed by atoms with van der Waals surface area (Å²) in [6.07, 6.45) is 8.24. The van der Waals surface area contributed by atoms with E-state index in [9.17, 15) is 10.4 Å². The van der Waals surface area contributed by atoms with Gasteiger partial charge in [-0.1, -0.05) is 13.8 Å². The SMILES string of the molecule is CC1CC(C)(C)N(O)C(C)(C)C1.CC1CC2(CCOCC2)N(O)C2(CCOCC2)C1. The van der Waals surface area contributed by atoms with Crippen molar-refractivity contribution in [2.75, 3.05) is 26.4 Å². The standard InChI is InChI=1S/C14H25NO3.C10H21NO/c1-12-10-13(2-6-17-7-3-13)15(16)14(11-12)4-8-18-9-5-14;1-8-6-9(2,3)11(12)10(4,5)7-8/h12,16H,2-11H2,1H3;8,12H,6-7H2,1-5H3. The van der Waals surface area contributed by atoms with Crippen molar-refractivity contribution in [3.8, 4) is 0 Å². The van der Waals surface area contributed by atoms with Crippen molar-refractivity contribution >= 4 is 0 Å². The second-order valence-electron chi connectivity index (χ2n) is 11.9. The second-order valence-corrected chi connectivity index (χ2v) is 11.9. The van der Waals surface area contributed by atoms with Crippen molar-refractivity contribution in [3.05, 3.63) is 0 Å². The van der Waals surface area contributed by atoms with Crippen LogP contribution in [0.4, 0.5) is 0 Å². The van der Waals surface area contributed by atoms with Gasteiger partial charge >= 0.3 is 0 Å². The molecule has 0 aromatic carbocycles. The van der Waals surface area contributed by atoms with Crippen molar-refractivity contribution in [1.82, 2.24) is 10.1 Å². The number of hydrogen-bond acceptors (Lipinski definition) is 6. The normalized spacial score (nSPS) is 32.0. The second kappa shape index (κ2) is 8.95. The largest absolute Gasteiger partial charge is 0.381 e. The summed E-state index contributed by atoms with van der Waals surface area (Å²) in [7, 11) is 0. The molecule has 2 N–H and O–H groups in total. The summed E-state index contributed by atoms with van der Waals surface area (Å²) in [5, 5.41) is 24.1. The number of hydrogen-bond donors (Lipinski definition) is 2. The number of ether oxygens (including phenoxy) is 2. The van der Waals surface area contributed by atoms with E-state index in [0.717, 1.165) is 77.8 Å². The number of piperidine rings is 2. The fourth-order valence-corrected chi connectivity index (χ4v) is 7.15. The molecule has 0 saturated carbocycles. The molecule has 4 fully saturated rings. The number of nitrogens with zero attached hydrogens (tertiary/aromatic N) is 2. The zero-order valence-corrected chi connectivity index (χ0v) is 20.2. The summed E-state index contributed by atoms with van der Waals surface area (Å²) < 4.78 is 11.0. The lowest BCUT2D eigenvalue weighted by molar-refractivity contribution is -0.298. The first kappa shape index (κ1) is 24.4. The average Bonchev–Trinajstić information content (AvgIpc) is 2.65. The molecule has 6 nitrogen and oxygen atoms in total. The van der Waals surface area contributed by atoms with Gasteiger partial charge in [0, 0.05) is 37.5 Å². The van der Waals surface area contributed by atoms with Gasteiger partial charge < -0.3 is 19.9 Å². The van der Waals surface area contributed by atoms with E-state index in [2.05, 4.69) is 41.5 Å². The van der Waals surface area contributed by atoms with Gasteiger partial charge in [0.1, 0.15) is 0 Å². The molecule has 30 heavy (non-hydrogen) atoms. The summed E-state index contributed by atoms with van der Waals surface area (Å²) in [5.41, 5.74) is -0.206. The average molecular weight is 427 g/mol. The molecule has 4 saturated heterocycles. The van der Waals surface area contributed by atoms with Crippen LogP contribution in [0.3, 0.4) is 0 Å². The third kappa shape index (κ3) is 4.89. The maximum atomic E-state index is 10.9. The first-order valence-electron chi connectivity index (χ1n) is 12.1. The van der Waals surface area contributed by atoms with E-state index in [-0.39, 0.29) is 22.2 Å². The predicted octanol–water partition coefficient (Wildman–Crippen LogP) is 4.87. The van der Waals surface area contributed by atoms with Crippen LogP contribution in [0.25, 0.3) is 0 Å². The third-order valence-electron chi connectivity index (χ3n) is 8.05. The fourth-order valence-electron chi connectivity index (χ4n) is 7.15.